The maximum Gasteiger partial charge on any atom is 0.0336 e. The summed E-state index contributed by atoms with van der Waals surface area (Å²) in [6, 6.07) is 0. The van der Waals surface area contributed by atoms with Gasteiger partial charge in [0.2, 0.25) is 0 Å². The van der Waals surface area contributed by atoms with E-state index in [9.17, 15) is 0 Å². The molecule has 1 heterocycles. The van der Waals surface area contributed by atoms with Gasteiger partial charge in [-0.15, -0.1) is 0 Å². The second kappa shape index (κ2) is 6.58. The van der Waals surface area contributed by atoms with Crippen molar-refractivity contribution < 1.29 is 0 Å². The fourth-order valence-electron chi connectivity index (χ4n) is 5.22. The Kier molecular flexibility index (Phi) is 5.41. The minimum Gasteiger partial charge on any atom is -0.329 e. The summed E-state index contributed by atoms with van der Waals surface area (Å²) in [5.74, 6) is 2.54. The van der Waals surface area contributed by atoms with Crippen molar-refractivity contribution in [1.29, 1.82) is 0 Å². The highest BCUT2D eigenvalue weighted by Crippen LogP contribution is 2.42. The van der Waals surface area contributed by atoms with Crippen LogP contribution in [0.2, 0.25) is 0 Å². The van der Waals surface area contributed by atoms with Gasteiger partial charge >= 0.3 is 0 Å². The topological polar surface area (TPSA) is 29.3 Å². The van der Waals surface area contributed by atoms with Crippen molar-refractivity contribution in [3.63, 3.8) is 0 Å². The van der Waals surface area contributed by atoms with Crippen LogP contribution < -0.4 is 5.73 Å². The highest BCUT2D eigenvalue weighted by atomic mass is 15.2. The summed E-state index contributed by atoms with van der Waals surface area (Å²) in [5, 5.41) is 0. The molecule has 2 rings (SSSR count). The molecule has 3 atom stereocenters. The number of nitrogens with zero attached hydrogens (tertiary/aromatic N) is 1. The highest BCUT2D eigenvalue weighted by molar-refractivity contribution is 4.98. The first-order valence-electron chi connectivity index (χ1n) is 9.22. The summed E-state index contributed by atoms with van der Waals surface area (Å²) in [4.78, 5) is 2.80. The molecule has 2 aliphatic rings. The van der Waals surface area contributed by atoms with E-state index in [0.717, 1.165) is 24.3 Å². The molecular weight excluding hydrogens is 256 g/mol. The lowest BCUT2D eigenvalue weighted by molar-refractivity contribution is 0.0198. The zero-order valence-electron chi connectivity index (χ0n) is 15.1. The summed E-state index contributed by atoms with van der Waals surface area (Å²) in [6.45, 7) is 15.5. The molecule has 0 aromatic rings. The number of rotatable bonds is 2. The Bertz CT molecular complexity index is 321. The fraction of sp³-hybridized carbons (Fsp3) is 1.00. The molecular formula is C19H38N2. The van der Waals surface area contributed by atoms with Crippen LogP contribution in [-0.4, -0.2) is 30.1 Å². The molecule has 1 saturated heterocycles. The standard InChI is InChI=1S/C19H38N2/c1-15-11-16(2)13-19(12-15,14-20)21-9-6-7-17(8-10-21)18(3,4)5/h15-17H,6-14,20H2,1-5H3. The van der Waals surface area contributed by atoms with Crippen molar-refractivity contribution in [3.05, 3.63) is 0 Å². The minimum atomic E-state index is 0.295. The third-order valence-corrected chi connectivity index (χ3v) is 6.27. The van der Waals surface area contributed by atoms with E-state index in [1.165, 1.54) is 51.6 Å². The van der Waals surface area contributed by atoms with Crippen LogP contribution in [0.15, 0.2) is 0 Å². The predicted molar refractivity (Wildman–Crippen MR) is 92.3 cm³/mol. The van der Waals surface area contributed by atoms with E-state index >= 15 is 0 Å². The second-order valence-corrected chi connectivity index (χ2v) is 9.26. The van der Waals surface area contributed by atoms with Crippen molar-refractivity contribution in [2.45, 2.75) is 78.7 Å². The van der Waals surface area contributed by atoms with Gasteiger partial charge in [-0.3, -0.25) is 4.90 Å². The molecule has 0 amide bonds. The van der Waals surface area contributed by atoms with Crippen LogP contribution in [0, 0.1) is 23.2 Å². The molecule has 2 heteroatoms. The van der Waals surface area contributed by atoms with Gasteiger partial charge in [0.05, 0.1) is 0 Å². The Balaban J connectivity index is 2.09. The van der Waals surface area contributed by atoms with Crippen molar-refractivity contribution >= 4 is 0 Å². The van der Waals surface area contributed by atoms with Gasteiger partial charge in [-0.2, -0.15) is 0 Å². The molecule has 0 aromatic heterocycles. The maximum atomic E-state index is 6.32. The van der Waals surface area contributed by atoms with Crippen LogP contribution >= 0.6 is 0 Å². The number of nitrogens with two attached hydrogens (primary N) is 1. The quantitative estimate of drug-likeness (QED) is 0.823. The van der Waals surface area contributed by atoms with E-state index in [2.05, 4.69) is 39.5 Å². The summed E-state index contributed by atoms with van der Waals surface area (Å²) >= 11 is 0. The lowest BCUT2D eigenvalue weighted by Crippen LogP contribution is -2.57. The van der Waals surface area contributed by atoms with Gasteiger partial charge in [0.1, 0.15) is 0 Å². The average molecular weight is 295 g/mol. The molecule has 2 fully saturated rings. The third kappa shape index (κ3) is 4.01. The SMILES string of the molecule is CC1CC(C)CC(CN)(N2CCCC(C(C)(C)C)CC2)C1. The van der Waals surface area contributed by atoms with Crippen LogP contribution in [-0.2, 0) is 0 Å². The summed E-state index contributed by atoms with van der Waals surface area (Å²) in [6.07, 6.45) is 8.12. The number of hydrogen-bond donors (Lipinski definition) is 1. The van der Waals surface area contributed by atoms with Crippen LogP contribution in [0.3, 0.4) is 0 Å². The molecule has 3 unspecified atom stereocenters. The molecule has 1 aliphatic heterocycles. The third-order valence-electron chi connectivity index (χ3n) is 6.27. The maximum absolute atomic E-state index is 6.32. The molecule has 0 spiro atoms. The Labute approximate surface area is 132 Å². The van der Waals surface area contributed by atoms with Crippen molar-refractivity contribution in [2.75, 3.05) is 19.6 Å². The van der Waals surface area contributed by atoms with Crippen LogP contribution in [0.1, 0.15) is 73.1 Å². The number of hydrogen-bond acceptors (Lipinski definition) is 2. The lowest BCUT2D eigenvalue weighted by atomic mass is 9.70. The first-order chi connectivity index (χ1) is 9.77. The Morgan fingerprint density at radius 3 is 2.19 bits per heavy atom. The average Bonchev–Trinajstić information content (AvgIpc) is 2.62. The summed E-state index contributed by atoms with van der Waals surface area (Å²) in [5.41, 5.74) is 7.08. The van der Waals surface area contributed by atoms with Crippen LogP contribution in [0.5, 0.6) is 0 Å². The molecule has 2 nitrogen and oxygen atoms in total. The lowest BCUT2D eigenvalue weighted by Gasteiger charge is -2.49. The van der Waals surface area contributed by atoms with E-state index in [1.807, 2.05) is 0 Å². The van der Waals surface area contributed by atoms with Gasteiger partial charge in [0.15, 0.2) is 0 Å². The Hall–Kier alpha value is -0.0800. The first-order valence-corrected chi connectivity index (χ1v) is 9.22. The Morgan fingerprint density at radius 2 is 1.67 bits per heavy atom. The predicted octanol–water partition coefficient (Wildman–Crippen LogP) is 4.29. The second-order valence-electron chi connectivity index (χ2n) is 9.26. The van der Waals surface area contributed by atoms with Gasteiger partial charge in [0, 0.05) is 12.1 Å². The number of likely N-dealkylation sites (tertiary alicyclic amines) is 1. The smallest absolute Gasteiger partial charge is 0.0336 e. The molecule has 1 saturated carbocycles. The minimum absolute atomic E-state index is 0.295. The van der Waals surface area contributed by atoms with Gasteiger partial charge in [0.25, 0.3) is 0 Å². The van der Waals surface area contributed by atoms with Gasteiger partial charge < -0.3 is 5.73 Å². The Morgan fingerprint density at radius 1 is 1.05 bits per heavy atom. The molecule has 21 heavy (non-hydrogen) atoms. The molecule has 0 radical (unpaired) electrons. The van der Waals surface area contributed by atoms with Gasteiger partial charge in [-0.25, -0.2) is 0 Å². The molecule has 0 aromatic carbocycles. The van der Waals surface area contributed by atoms with Crippen molar-refractivity contribution in [3.8, 4) is 0 Å². The van der Waals surface area contributed by atoms with Crippen molar-refractivity contribution in [2.24, 2.45) is 28.9 Å². The van der Waals surface area contributed by atoms with E-state index in [4.69, 9.17) is 5.73 Å². The highest BCUT2D eigenvalue weighted by Gasteiger charge is 2.42. The summed E-state index contributed by atoms with van der Waals surface area (Å²) < 4.78 is 0. The van der Waals surface area contributed by atoms with Crippen LogP contribution in [0.4, 0.5) is 0 Å². The van der Waals surface area contributed by atoms with E-state index in [1.54, 1.807) is 0 Å². The molecule has 124 valence electrons. The first kappa shape index (κ1) is 17.3. The normalized spacial score (nSPS) is 40.0. The van der Waals surface area contributed by atoms with E-state index in [-0.39, 0.29) is 0 Å². The summed E-state index contributed by atoms with van der Waals surface area (Å²) in [7, 11) is 0. The van der Waals surface area contributed by atoms with E-state index < -0.39 is 0 Å². The van der Waals surface area contributed by atoms with Gasteiger partial charge in [-0.05, 0) is 74.8 Å². The van der Waals surface area contributed by atoms with Gasteiger partial charge in [-0.1, -0.05) is 34.6 Å². The zero-order valence-corrected chi connectivity index (χ0v) is 15.1. The monoisotopic (exact) mass is 294 g/mol. The fourth-order valence-corrected chi connectivity index (χ4v) is 5.22. The van der Waals surface area contributed by atoms with Crippen molar-refractivity contribution in [1.82, 2.24) is 4.90 Å². The molecule has 1 aliphatic carbocycles. The van der Waals surface area contributed by atoms with E-state index in [0.29, 0.717) is 11.0 Å². The zero-order chi connectivity index (χ0) is 15.7. The van der Waals surface area contributed by atoms with Crippen LogP contribution in [0.25, 0.3) is 0 Å². The molecule has 0 bridgehead atoms. The molecule has 2 N–H and O–H groups in total. The largest absolute Gasteiger partial charge is 0.329 e.